The molecule has 0 bridgehead atoms. The number of halogens is 8. The van der Waals surface area contributed by atoms with Crippen molar-refractivity contribution in [2.45, 2.75) is 26.6 Å². The van der Waals surface area contributed by atoms with Gasteiger partial charge in [-0.2, -0.15) is 0 Å². The molecule has 2 atom stereocenters. The maximum Gasteiger partial charge on any atom is 0.573 e. The number of carboxylic acid groups (broad SMARTS) is 1. The third-order valence-corrected chi connectivity index (χ3v) is 6.55. The lowest BCUT2D eigenvalue weighted by molar-refractivity contribution is -0.315. The number of hydrogen-bond donors (Lipinski definition) is 0. The van der Waals surface area contributed by atoms with Crippen LogP contribution in [0, 0.1) is 16.7 Å². The summed E-state index contributed by atoms with van der Waals surface area (Å²) in [6, 6.07) is 0.909. The lowest BCUT2D eigenvalue weighted by Gasteiger charge is -2.24. The molecule has 2 rings (SSSR count). The molecule has 1 saturated carbocycles. The molecule has 0 aromatic heterocycles. The summed E-state index contributed by atoms with van der Waals surface area (Å²) in [7, 11) is 0. The second-order valence-electron chi connectivity index (χ2n) is 6.61. The zero-order valence-electron chi connectivity index (χ0n) is 13.7. The number of benzene rings is 1. The molecule has 2 unspecified atom stereocenters. The summed E-state index contributed by atoms with van der Waals surface area (Å²) in [5.74, 6) is -2.86. The highest BCUT2D eigenvalue weighted by atomic mass is 35.5. The summed E-state index contributed by atoms with van der Waals surface area (Å²) in [5, 5.41) is 10.8. The van der Waals surface area contributed by atoms with Crippen LogP contribution in [0.5, 0.6) is 5.75 Å². The molecule has 0 saturated heterocycles. The van der Waals surface area contributed by atoms with E-state index < -0.39 is 39.9 Å². The molecule has 3 nitrogen and oxygen atoms in total. The number of ether oxygens (including phenoxy) is 1. The predicted molar refractivity (Wildman–Crippen MR) is 96.4 cm³/mol. The van der Waals surface area contributed by atoms with E-state index in [0.29, 0.717) is 0 Å². The number of hydrogen-bond acceptors (Lipinski definition) is 3. The minimum atomic E-state index is -5.03. The minimum absolute atomic E-state index is 0.00388. The molecule has 27 heavy (non-hydrogen) atoms. The standard InChI is InChI=1S/C16H12Cl5F3O3/c1-14(2)8(4-9(17)18)15(14,13(25)26)5-6-3-7(27-16(22,23)24)11(20)12(21)10(6)19/h3-4,8H,5H2,1-2H3,(H,25,26)/p-1. The predicted octanol–water partition coefficient (Wildman–Crippen LogP) is 5.80. The molecular weight excluding hydrogens is 474 g/mol. The van der Waals surface area contributed by atoms with Gasteiger partial charge >= 0.3 is 6.36 Å². The van der Waals surface area contributed by atoms with Crippen LogP contribution in [-0.4, -0.2) is 12.3 Å². The van der Waals surface area contributed by atoms with Crippen molar-refractivity contribution in [3.63, 3.8) is 0 Å². The molecule has 0 amide bonds. The lowest BCUT2D eigenvalue weighted by atomic mass is 9.88. The van der Waals surface area contributed by atoms with Gasteiger partial charge in [-0.1, -0.05) is 71.9 Å². The van der Waals surface area contributed by atoms with E-state index in [9.17, 15) is 23.1 Å². The third-order valence-electron chi connectivity index (χ3n) is 4.92. The summed E-state index contributed by atoms with van der Waals surface area (Å²) in [6.45, 7) is 3.28. The smallest absolute Gasteiger partial charge is 0.549 e. The second-order valence-corrected chi connectivity index (χ2v) is 8.76. The van der Waals surface area contributed by atoms with Crippen LogP contribution in [0.4, 0.5) is 13.2 Å². The topological polar surface area (TPSA) is 49.4 Å². The summed E-state index contributed by atoms with van der Waals surface area (Å²) in [5.41, 5.74) is -2.37. The van der Waals surface area contributed by atoms with Gasteiger partial charge < -0.3 is 14.6 Å². The molecule has 0 N–H and O–H groups in total. The van der Waals surface area contributed by atoms with Crippen LogP contribution < -0.4 is 9.84 Å². The van der Waals surface area contributed by atoms with Crippen molar-refractivity contribution in [1.29, 1.82) is 0 Å². The quantitative estimate of drug-likeness (QED) is 0.496. The normalized spacial score (nSPS) is 23.7. The van der Waals surface area contributed by atoms with Gasteiger partial charge in [0.05, 0.1) is 10.0 Å². The Balaban J connectivity index is 2.55. The minimum Gasteiger partial charge on any atom is -0.549 e. The van der Waals surface area contributed by atoms with Crippen LogP contribution in [0.1, 0.15) is 19.4 Å². The monoisotopic (exact) mass is 483 g/mol. The Kier molecular flexibility index (Phi) is 6.22. The first-order chi connectivity index (χ1) is 12.1. The average molecular weight is 486 g/mol. The van der Waals surface area contributed by atoms with Gasteiger partial charge in [-0.15, -0.1) is 13.2 Å². The zero-order valence-corrected chi connectivity index (χ0v) is 17.5. The van der Waals surface area contributed by atoms with Crippen molar-refractivity contribution in [2.24, 2.45) is 16.7 Å². The largest absolute Gasteiger partial charge is 0.573 e. The lowest BCUT2D eigenvalue weighted by Crippen LogP contribution is -2.38. The molecule has 0 aliphatic heterocycles. The molecule has 1 aliphatic carbocycles. The van der Waals surface area contributed by atoms with Gasteiger partial charge in [0.25, 0.3) is 0 Å². The van der Waals surface area contributed by atoms with E-state index >= 15 is 0 Å². The van der Waals surface area contributed by atoms with Crippen molar-refractivity contribution in [1.82, 2.24) is 0 Å². The highest BCUT2D eigenvalue weighted by Gasteiger charge is 2.70. The molecule has 1 fully saturated rings. The fourth-order valence-corrected chi connectivity index (χ4v) is 4.35. The van der Waals surface area contributed by atoms with E-state index in [1.807, 2.05) is 0 Å². The molecule has 0 radical (unpaired) electrons. The highest BCUT2D eigenvalue weighted by Crippen LogP contribution is 2.71. The van der Waals surface area contributed by atoms with E-state index in [4.69, 9.17) is 58.0 Å². The number of carbonyl (C=O) groups is 1. The Hall–Kier alpha value is -0.530. The summed E-state index contributed by atoms with van der Waals surface area (Å²) < 4.78 is 41.5. The first-order valence-electron chi connectivity index (χ1n) is 7.31. The maximum atomic E-state index is 12.6. The van der Waals surface area contributed by atoms with Gasteiger partial charge in [0, 0.05) is 11.4 Å². The second kappa shape index (κ2) is 7.38. The molecule has 1 aromatic carbocycles. The van der Waals surface area contributed by atoms with Crippen LogP contribution in [0.25, 0.3) is 0 Å². The SMILES string of the molecule is CC1(C)C(C=C(Cl)Cl)C1(Cc1cc(OC(F)(F)F)c(Cl)c(Cl)c1Cl)C(=O)[O-]. The van der Waals surface area contributed by atoms with Crippen LogP contribution >= 0.6 is 58.0 Å². The molecule has 150 valence electrons. The summed E-state index contributed by atoms with van der Waals surface area (Å²) >= 11 is 29.1. The van der Waals surface area contributed by atoms with E-state index in [1.54, 1.807) is 13.8 Å². The van der Waals surface area contributed by atoms with Gasteiger partial charge in [-0.3, -0.25) is 0 Å². The molecule has 1 aromatic rings. The van der Waals surface area contributed by atoms with Crippen molar-refractivity contribution in [3.8, 4) is 5.75 Å². The van der Waals surface area contributed by atoms with Crippen molar-refractivity contribution >= 4 is 64.0 Å². The fraction of sp³-hybridized carbons (Fsp3) is 0.438. The number of carbonyl (C=O) groups excluding carboxylic acids is 1. The van der Waals surface area contributed by atoms with E-state index in [2.05, 4.69) is 4.74 Å². The van der Waals surface area contributed by atoms with Crippen LogP contribution in [0.2, 0.25) is 15.1 Å². The third kappa shape index (κ3) is 4.10. The van der Waals surface area contributed by atoms with Crippen LogP contribution in [0.3, 0.4) is 0 Å². The fourth-order valence-electron chi connectivity index (χ4n) is 3.43. The Bertz CT molecular complexity index is 818. The van der Waals surface area contributed by atoms with Gasteiger partial charge in [0.1, 0.15) is 15.3 Å². The summed E-state index contributed by atoms with van der Waals surface area (Å²) in [6.07, 6.45) is -3.98. The van der Waals surface area contributed by atoms with E-state index in [0.717, 1.165) is 6.07 Å². The van der Waals surface area contributed by atoms with Crippen LogP contribution in [-0.2, 0) is 11.2 Å². The first kappa shape index (κ1) is 22.8. The number of alkyl halides is 3. The van der Waals surface area contributed by atoms with Crippen molar-refractivity contribution in [2.75, 3.05) is 0 Å². The molecule has 0 heterocycles. The number of aliphatic carboxylic acids is 1. The Morgan fingerprint density at radius 3 is 2.22 bits per heavy atom. The van der Waals surface area contributed by atoms with Gasteiger partial charge in [0.15, 0.2) is 0 Å². The number of carboxylic acids is 1. The Morgan fingerprint density at radius 2 is 1.78 bits per heavy atom. The number of rotatable bonds is 5. The molecule has 1 aliphatic rings. The Labute approximate surface area is 177 Å². The summed E-state index contributed by atoms with van der Waals surface area (Å²) in [4.78, 5) is 11.9. The highest BCUT2D eigenvalue weighted by molar-refractivity contribution is 6.55. The zero-order chi connectivity index (χ0) is 20.9. The average Bonchev–Trinajstić information content (AvgIpc) is 2.96. The van der Waals surface area contributed by atoms with Gasteiger partial charge in [-0.25, -0.2) is 0 Å². The molecule has 0 spiro atoms. The van der Waals surface area contributed by atoms with Gasteiger partial charge in [0.2, 0.25) is 0 Å². The van der Waals surface area contributed by atoms with Crippen molar-refractivity contribution < 1.29 is 27.8 Å². The van der Waals surface area contributed by atoms with E-state index in [1.165, 1.54) is 6.08 Å². The van der Waals surface area contributed by atoms with Crippen molar-refractivity contribution in [3.05, 3.63) is 37.3 Å². The van der Waals surface area contributed by atoms with Gasteiger partial charge in [-0.05, 0) is 35.5 Å². The molecular formula is C16H11Cl5F3O3-. The maximum absolute atomic E-state index is 12.6. The Morgan fingerprint density at radius 1 is 1.22 bits per heavy atom. The molecule has 11 heteroatoms. The van der Waals surface area contributed by atoms with Crippen LogP contribution in [0.15, 0.2) is 16.6 Å². The first-order valence-corrected chi connectivity index (χ1v) is 9.20. The number of allylic oxidation sites excluding steroid dienone is 1. The van der Waals surface area contributed by atoms with E-state index in [-0.39, 0.29) is 26.5 Å².